The van der Waals surface area contributed by atoms with Crippen molar-refractivity contribution in [2.45, 2.75) is 5.33 Å². The van der Waals surface area contributed by atoms with Gasteiger partial charge in [0.1, 0.15) is 0 Å². The van der Waals surface area contributed by atoms with Crippen LogP contribution in [0.1, 0.15) is 15.9 Å². The maximum absolute atomic E-state index is 11.6. The summed E-state index contributed by atoms with van der Waals surface area (Å²) in [6, 6.07) is 5.90. The Labute approximate surface area is 122 Å². The van der Waals surface area contributed by atoms with Gasteiger partial charge in [-0.1, -0.05) is 42.8 Å². The van der Waals surface area contributed by atoms with Crippen molar-refractivity contribution >= 4 is 42.7 Å². The lowest BCUT2D eigenvalue weighted by Crippen LogP contribution is -2.18. The molecule has 12 heteroatoms. The van der Waals surface area contributed by atoms with E-state index in [1.54, 1.807) is 6.07 Å². The molecule has 0 aliphatic rings. The molecule has 0 unspecified atom stereocenters. The van der Waals surface area contributed by atoms with E-state index in [2.05, 4.69) is 28.8 Å². The zero-order chi connectivity index (χ0) is 15.4. The zero-order valence-corrected chi connectivity index (χ0v) is 12.6. The Morgan fingerprint density at radius 2 is 1.75 bits per heavy atom. The van der Waals surface area contributed by atoms with E-state index in [1.165, 1.54) is 18.2 Å². The van der Waals surface area contributed by atoms with Gasteiger partial charge in [0.2, 0.25) is 0 Å². The average Bonchev–Trinajstić information content (AvgIpc) is 2.35. The molecule has 1 aromatic rings. The second-order valence-corrected chi connectivity index (χ2v) is 5.81. The number of alkyl halides is 1. The van der Waals surface area contributed by atoms with Crippen molar-refractivity contribution in [2.75, 3.05) is 0 Å². The van der Waals surface area contributed by atoms with E-state index >= 15 is 0 Å². The summed E-state index contributed by atoms with van der Waals surface area (Å²) in [5.74, 6) is -1.31. The molecule has 0 aromatic heterocycles. The number of benzene rings is 1. The van der Waals surface area contributed by atoms with Crippen molar-refractivity contribution in [3.63, 3.8) is 0 Å². The molecule has 0 aliphatic carbocycles. The molecule has 0 amide bonds. The van der Waals surface area contributed by atoms with Crippen LogP contribution in [0.15, 0.2) is 24.3 Å². The van der Waals surface area contributed by atoms with Gasteiger partial charge in [-0.25, -0.2) is 4.79 Å². The van der Waals surface area contributed by atoms with Crippen LogP contribution in [0.3, 0.4) is 0 Å². The Morgan fingerprint density at radius 1 is 1.15 bits per heavy atom. The van der Waals surface area contributed by atoms with Crippen LogP contribution in [0.25, 0.3) is 0 Å². The fourth-order valence-corrected chi connectivity index (χ4v) is 2.40. The van der Waals surface area contributed by atoms with Crippen molar-refractivity contribution in [2.24, 2.45) is 0 Å². The van der Waals surface area contributed by atoms with Crippen molar-refractivity contribution in [3.8, 4) is 0 Å². The summed E-state index contributed by atoms with van der Waals surface area (Å²) in [4.78, 5) is 11.6. The van der Waals surface area contributed by atoms with Crippen LogP contribution in [-0.2, 0) is 39.0 Å². The molecule has 1 N–H and O–H groups in total. The standard InChI is InChI=1S/C8H7BrO9S2/c9-5-6-3-1-2-4-7(6)8(10)16-20(14,15)18-17-19(11,12)13/h1-4H,5H2,(H,11,12,13). The molecule has 0 spiro atoms. The number of halogens is 1. The van der Waals surface area contributed by atoms with Gasteiger partial charge in [-0.05, 0) is 11.6 Å². The van der Waals surface area contributed by atoms with Crippen LogP contribution in [0.5, 0.6) is 0 Å². The van der Waals surface area contributed by atoms with Gasteiger partial charge < -0.3 is 4.18 Å². The molecular weight excluding hydrogens is 384 g/mol. The summed E-state index contributed by atoms with van der Waals surface area (Å²) in [5, 5.41) is 0.251. The van der Waals surface area contributed by atoms with E-state index in [1.807, 2.05) is 0 Å². The van der Waals surface area contributed by atoms with Gasteiger partial charge >= 0.3 is 26.8 Å². The van der Waals surface area contributed by atoms with Gasteiger partial charge in [0.05, 0.1) is 5.56 Å². The Kier molecular flexibility index (Phi) is 5.61. The maximum atomic E-state index is 11.6. The second kappa shape index (κ2) is 6.60. The molecule has 0 bridgehead atoms. The first-order valence-corrected chi connectivity index (χ1v) is 8.44. The van der Waals surface area contributed by atoms with Crippen molar-refractivity contribution in [3.05, 3.63) is 35.4 Å². The quantitative estimate of drug-likeness (QED) is 0.322. The molecule has 112 valence electrons. The Balaban J connectivity index is 2.84. The normalized spacial score (nSPS) is 12.1. The van der Waals surface area contributed by atoms with Crippen molar-refractivity contribution < 1.29 is 39.0 Å². The monoisotopic (exact) mass is 390 g/mol. The molecule has 0 aliphatic heterocycles. The summed E-state index contributed by atoms with van der Waals surface area (Å²) >= 11 is 3.09. The van der Waals surface area contributed by atoms with Gasteiger partial charge in [-0.15, -0.1) is 0 Å². The molecule has 0 radical (unpaired) electrons. The van der Waals surface area contributed by atoms with Crippen LogP contribution in [0.2, 0.25) is 0 Å². The van der Waals surface area contributed by atoms with Crippen molar-refractivity contribution in [1.29, 1.82) is 0 Å². The first-order chi connectivity index (χ1) is 9.14. The minimum atomic E-state index is -5.17. The third kappa shape index (κ3) is 5.52. The van der Waals surface area contributed by atoms with E-state index in [0.717, 1.165) is 0 Å². The third-order valence-corrected chi connectivity index (χ3v) is 3.28. The molecule has 9 nitrogen and oxygen atoms in total. The fraction of sp³-hybridized carbons (Fsp3) is 0.125. The highest BCUT2D eigenvalue weighted by Gasteiger charge is 2.25. The zero-order valence-electron chi connectivity index (χ0n) is 9.42. The van der Waals surface area contributed by atoms with E-state index in [4.69, 9.17) is 4.55 Å². The molecule has 0 fully saturated rings. The maximum Gasteiger partial charge on any atom is 0.480 e. The molecule has 1 rings (SSSR count). The molecule has 1 aromatic carbocycles. The van der Waals surface area contributed by atoms with Crippen molar-refractivity contribution in [1.82, 2.24) is 0 Å². The van der Waals surface area contributed by atoms with Crippen LogP contribution in [0.4, 0.5) is 0 Å². The summed E-state index contributed by atoms with van der Waals surface area (Å²) in [7, 11) is -10.3. The van der Waals surface area contributed by atoms with Crippen LogP contribution in [-0.4, -0.2) is 27.4 Å². The van der Waals surface area contributed by atoms with Crippen LogP contribution < -0.4 is 0 Å². The molecule has 0 saturated heterocycles. The summed E-state index contributed by atoms with van der Waals surface area (Å²) < 4.78 is 61.0. The highest BCUT2D eigenvalue weighted by molar-refractivity contribution is 9.08. The van der Waals surface area contributed by atoms with Gasteiger partial charge in [-0.3, -0.25) is 4.55 Å². The Morgan fingerprint density at radius 3 is 2.30 bits per heavy atom. The fourth-order valence-electron chi connectivity index (χ4n) is 1.06. The molecule has 0 saturated carbocycles. The number of carbonyl (C=O) groups excluding carboxylic acids is 1. The SMILES string of the molecule is O=C(OS(=O)(=O)OOS(=O)(=O)O)c1ccccc1CBr. The molecular formula is C8H7BrO9S2. The third-order valence-electron chi connectivity index (χ3n) is 1.76. The first kappa shape index (κ1) is 17.0. The first-order valence-electron chi connectivity index (χ1n) is 4.62. The minimum Gasteiger partial charge on any atom is -0.318 e. The largest absolute Gasteiger partial charge is 0.480 e. The smallest absolute Gasteiger partial charge is 0.318 e. The highest BCUT2D eigenvalue weighted by Crippen LogP contribution is 2.15. The average molecular weight is 391 g/mol. The second-order valence-electron chi connectivity index (χ2n) is 3.13. The van der Waals surface area contributed by atoms with Gasteiger partial charge in [-0.2, -0.15) is 16.8 Å². The van der Waals surface area contributed by atoms with E-state index in [9.17, 15) is 21.6 Å². The van der Waals surface area contributed by atoms with Crippen LogP contribution in [0, 0.1) is 0 Å². The predicted octanol–water partition coefficient (Wildman–Crippen LogP) is 0.734. The van der Waals surface area contributed by atoms with Gasteiger partial charge in [0.15, 0.2) is 0 Å². The van der Waals surface area contributed by atoms with E-state index in [-0.39, 0.29) is 10.9 Å². The molecule has 0 heterocycles. The van der Waals surface area contributed by atoms with Crippen LogP contribution >= 0.6 is 15.9 Å². The molecule has 20 heavy (non-hydrogen) atoms. The van der Waals surface area contributed by atoms with Gasteiger partial charge in [0, 0.05) is 5.33 Å². The predicted molar refractivity (Wildman–Crippen MR) is 67.1 cm³/mol. The van der Waals surface area contributed by atoms with E-state index in [0.29, 0.717) is 5.56 Å². The lowest BCUT2D eigenvalue weighted by Gasteiger charge is -2.06. The Hall–Kier alpha value is -1.05. The summed E-state index contributed by atoms with van der Waals surface area (Å²) in [6.45, 7) is 0. The lowest BCUT2D eigenvalue weighted by molar-refractivity contribution is -0.106. The highest BCUT2D eigenvalue weighted by atomic mass is 79.9. The summed E-state index contributed by atoms with van der Waals surface area (Å²) in [5.41, 5.74) is 0.354. The van der Waals surface area contributed by atoms with E-state index < -0.39 is 26.8 Å². The lowest BCUT2D eigenvalue weighted by atomic mass is 10.1. The number of hydrogen-bond acceptors (Lipinski definition) is 8. The Bertz CT molecular complexity index is 694. The summed E-state index contributed by atoms with van der Waals surface area (Å²) in [6.07, 6.45) is 0. The number of rotatable bonds is 6. The van der Waals surface area contributed by atoms with Gasteiger partial charge in [0.25, 0.3) is 0 Å². The minimum absolute atomic E-state index is 0.0802. The molecule has 0 atom stereocenters. The topological polar surface area (TPSA) is 133 Å². The number of hydrogen-bond donors (Lipinski definition) is 1. The number of carbonyl (C=O) groups is 1.